The molecule has 2 heterocycles. The van der Waals surface area contributed by atoms with Gasteiger partial charge in [-0.25, -0.2) is 0 Å². The van der Waals surface area contributed by atoms with Gasteiger partial charge in [-0.3, -0.25) is 9.69 Å². The summed E-state index contributed by atoms with van der Waals surface area (Å²) in [5.41, 5.74) is 4.85. The third-order valence-electron chi connectivity index (χ3n) is 4.15. The minimum absolute atomic E-state index is 0.00394. The maximum atomic E-state index is 11.7. The molecule has 0 saturated carbocycles. The number of nitrogens with one attached hydrogen (secondary N) is 1. The number of hydrogen-bond acceptors (Lipinski definition) is 6. The lowest BCUT2D eigenvalue weighted by molar-refractivity contribution is -0.149. The second-order valence-electron chi connectivity index (χ2n) is 5.87. The van der Waals surface area contributed by atoms with Gasteiger partial charge in [-0.1, -0.05) is 20.8 Å². The van der Waals surface area contributed by atoms with Crippen molar-refractivity contribution in [3.63, 3.8) is 0 Å². The number of piperidine rings is 1. The van der Waals surface area contributed by atoms with Crippen molar-refractivity contribution in [3.05, 3.63) is 0 Å². The fourth-order valence-corrected chi connectivity index (χ4v) is 2.87. The number of rotatable bonds is 5. The first-order chi connectivity index (χ1) is 11.7. The Morgan fingerprint density at radius 3 is 1.96 bits per heavy atom. The molecule has 3 N–H and O–H groups in total. The highest BCUT2D eigenvalue weighted by molar-refractivity contribution is 5.72. The summed E-state index contributed by atoms with van der Waals surface area (Å²) < 4.78 is 5.10. The topological polar surface area (TPSA) is 70.8 Å². The Morgan fingerprint density at radius 1 is 1.04 bits per heavy atom. The van der Waals surface area contributed by atoms with Crippen LogP contribution in [0.5, 0.6) is 0 Å². The van der Waals surface area contributed by atoms with E-state index in [0.29, 0.717) is 6.61 Å². The molecule has 6 heteroatoms. The molecule has 0 atom stereocenters. The van der Waals surface area contributed by atoms with Crippen molar-refractivity contribution in [3.8, 4) is 0 Å². The van der Waals surface area contributed by atoms with E-state index in [9.17, 15) is 4.79 Å². The molecular weight excluding hydrogens is 304 g/mol. The third-order valence-corrected chi connectivity index (χ3v) is 4.15. The summed E-state index contributed by atoms with van der Waals surface area (Å²) in [7, 11) is 0. The van der Waals surface area contributed by atoms with Gasteiger partial charge in [-0.2, -0.15) is 0 Å². The Morgan fingerprint density at radius 2 is 1.50 bits per heavy atom. The summed E-state index contributed by atoms with van der Waals surface area (Å²) in [6.45, 7) is 18.0. The van der Waals surface area contributed by atoms with E-state index in [1.807, 2.05) is 27.7 Å². The Labute approximate surface area is 149 Å². The van der Waals surface area contributed by atoms with E-state index >= 15 is 0 Å². The first-order valence-corrected chi connectivity index (χ1v) is 9.73. The number of likely N-dealkylation sites (tertiary alicyclic amines) is 1. The predicted octanol–water partition coefficient (Wildman–Crippen LogP) is 1.16. The smallest absolute Gasteiger partial charge is 0.309 e. The molecule has 0 aromatic carbocycles. The van der Waals surface area contributed by atoms with Gasteiger partial charge in [0.05, 0.1) is 12.5 Å². The molecule has 0 aromatic heterocycles. The van der Waals surface area contributed by atoms with Crippen LogP contribution in [0.1, 0.15) is 40.5 Å². The molecule has 2 aliphatic heterocycles. The normalized spacial score (nSPS) is 19.5. The van der Waals surface area contributed by atoms with Crippen LogP contribution < -0.4 is 11.1 Å². The second kappa shape index (κ2) is 15.8. The Kier molecular flexibility index (Phi) is 15.4. The van der Waals surface area contributed by atoms with Crippen molar-refractivity contribution >= 4 is 5.97 Å². The van der Waals surface area contributed by atoms with Gasteiger partial charge in [0, 0.05) is 39.3 Å². The summed E-state index contributed by atoms with van der Waals surface area (Å²) in [5.74, 6) is 0.139. The van der Waals surface area contributed by atoms with Gasteiger partial charge >= 0.3 is 5.97 Å². The Bertz CT molecular complexity index is 289. The highest BCUT2D eigenvalue weighted by atomic mass is 16.5. The third kappa shape index (κ3) is 10.2. The van der Waals surface area contributed by atoms with Crippen molar-refractivity contribution in [2.45, 2.75) is 40.5 Å². The van der Waals surface area contributed by atoms with E-state index < -0.39 is 0 Å². The number of ether oxygens (including phenoxy) is 1. The summed E-state index contributed by atoms with van der Waals surface area (Å²) >= 11 is 0. The summed E-state index contributed by atoms with van der Waals surface area (Å²) in [5, 5.41) is 3.38. The zero-order chi connectivity index (χ0) is 18.2. The quantitative estimate of drug-likeness (QED) is 0.729. The monoisotopic (exact) mass is 344 g/mol. The number of piperazine rings is 1. The van der Waals surface area contributed by atoms with Crippen LogP contribution in [-0.4, -0.2) is 81.3 Å². The molecule has 2 aliphatic rings. The predicted molar refractivity (Wildman–Crippen MR) is 101 cm³/mol. The van der Waals surface area contributed by atoms with Gasteiger partial charge in [0.15, 0.2) is 0 Å². The van der Waals surface area contributed by atoms with Crippen LogP contribution in [0.15, 0.2) is 0 Å². The average Bonchev–Trinajstić information content (AvgIpc) is 2.64. The van der Waals surface area contributed by atoms with Crippen molar-refractivity contribution in [2.75, 3.05) is 65.5 Å². The fourth-order valence-electron chi connectivity index (χ4n) is 2.87. The van der Waals surface area contributed by atoms with Crippen molar-refractivity contribution in [1.29, 1.82) is 0 Å². The maximum absolute atomic E-state index is 11.7. The zero-order valence-corrected chi connectivity index (χ0v) is 16.4. The van der Waals surface area contributed by atoms with Gasteiger partial charge < -0.3 is 20.7 Å². The minimum atomic E-state index is 0.00394. The highest BCUT2D eigenvalue weighted by Gasteiger charge is 2.25. The highest BCUT2D eigenvalue weighted by Crippen LogP contribution is 2.18. The molecule has 6 nitrogen and oxygen atoms in total. The van der Waals surface area contributed by atoms with Gasteiger partial charge in [0.2, 0.25) is 0 Å². The van der Waals surface area contributed by atoms with Gasteiger partial charge in [-0.05, 0) is 39.4 Å². The second-order valence-corrected chi connectivity index (χ2v) is 5.87. The number of carbonyl (C=O) groups is 1. The summed E-state index contributed by atoms with van der Waals surface area (Å²) in [6, 6.07) is 0. The fraction of sp³-hybridized carbons (Fsp3) is 0.944. The first kappa shape index (κ1) is 23.3. The maximum Gasteiger partial charge on any atom is 0.309 e. The van der Waals surface area contributed by atoms with Crippen LogP contribution in [0.2, 0.25) is 0 Å². The number of nitrogens with zero attached hydrogens (tertiary/aromatic N) is 2. The molecule has 0 radical (unpaired) electrons. The van der Waals surface area contributed by atoms with E-state index in [2.05, 4.69) is 15.1 Å². The lowest BCUT2D eigenvalue weighted by Crippen LogP contribution is -2.47. The molecule has 0 unspecified atom stereocenters. The lowest BCUT2D eigenvalue weighted by atomic mass is 9.97. The van der Waals surface area contributed by atoms with Crippen molar-refractivity contribution in [1.82, 2.24) is 15.1 Å². The number of nitrogens with two attached hydrogens (primary N) is 1. The molecule has 0 spiro atoms. The van der Waals surface area contributed by atoms with Crippen LogP contribution in [0.3, 0.4) is 0 Å². The SMILES string of the molecule is CC.CCN.CCOC(=O)C1CCN(CCN2CCNCC2)CC1. The molecule has 24 heavy (non-hydrogen) atoms. The Hall–Kier alpha value is -0.690. The standard InChI is InChI=1S/C14H27N3O2.C2H7N.C2H6/c1-2-19-14(18)13-3-7-16(8-4-13)11-12-17-9-5-15-6-10-17;1-2-3;1-2/h13,15H,2-12H2,1H3;2-3H2,1H3;1-2H3. The van der Waals surface area contributed by atoms with E-state index in [1.165, 1.54) is 13.1 Å². The van der Waals surface area contributed by atoms with E-state index in [0.717, 1.165) is 58.7 Å². The van der Waals surface area contributed by atoms with E-state index in [4.69, 9.17) is 10.5 Å². The molecule has 0 aromatic rings. The molecule has 0 bridgehead atoms. The van der Waals surface area contributed by atoms with E-state index in [-0.39, 0.29) is 11.9 Å². The summed E-state index contributed by atoms with van der Waals surface area (Å²) in [4.78, 5) is 16.7. The zero-order valence-electron chi connectivity index (χ0n) is 16.4. The van der Waals surface area contributed by atoms with Crippen LogP contribution in [-0.2, 0) is 9.53 Å². The largest absolute Gasteiger partial charge is 0.466 e. The number of hydrogen-bond donors (Lipinski definition) is 2. The van der Waals surface area contributed by atoms with Gasteiger partial charge in [0.25, 0.3) is 0 Å². The lowest BCUT2D eigenvalue weighted by Gasteiger charge is -2.33. The van der Waals surface area contributed by atoms with Crippen LogP contribution in [0.4, 0.5) is 0 Å². The van der Waals surface area contributed by atoms with Crippen molar-refractivity contribution < 1.29 is 9.53 Å². The molecule has 2 saturated heterocycles. The van der Waals surface area contributed by atoms with Crippen LogP contribution >= 0.6 is 0 Å². The molecule has 0 amide bonds. The molecular formula is C18H40N4O2. The number of carbonyl (C=O) groups excluding carboxylic acids is 1. The van der Waals surface area contributed by atoms with E-state index in [1.54, 1.807) is 0 Å². The molecule has 2 rings (SSSR count). The van der Waals surface area contributed by atoms with Gasteiger partial charge in [0.1, 0.15) is 0 Å². The minimum Gasteiger partial charge on any atom is -0.466 e. The molecule has 0 aliphatic carbocycles. The molecule has 2 fully saturated rings. The Balaban J connectivity index is 0.000000952. The summed E-state index contributed by atoms with van der Waals surface area (Å²) in [6.07, 6.45) is 1.92. The van der Waals surface area contributed by atoms with Gasteiger partial charge in [-0.15, -0.1) is 0 Å². The van der Waals surface area contributed by atoms with Crippen LogP contribution in [0, 0.1) is 5.92 Å². The average molecular weight is 345 g/mol. The first-order valence-electron chi connectivity index (χ1n) is 9.73. The van der Waals surface area contributed by atoms with Crippen molar-refractivity contribution in [2.24, 2.45) is 11.7 Å². The van der Waals surface area contributed by atoms with Crippen LogP contribution in [0.25, 0.3) is 0 Å². The molecule has 144 valence electrons. The number of esters is 1.